The summed E-state index contributed by atoms with van der Waals surface area (Å²) in [6, 6.07) is 0. The minimum absolute atomic E-state index is 0.388. The third kappa shape index (κ3) is 0.798. The zero-order valence-electron chi connectivity index (χ0n) is 5.45. The molecule has 2 aliphatic rings. The molecule has 0 spiro atoms. The van der Waals surface area contributed by atoms with Gasteiger partial charge in [-0.05, 0) is 11.6 Å². The van der Waals surface area contributed by atoms with Crippen LogP contribution in [0.25, 0.3) is 0 Å². The number of hydrogen-bond acceptors (Lipinski definition) is 1. The average molecular weight is 131 g/mol. The summed E-state index contributed by atoms with van der Waals surface area (Å²) in [5, 5.41) is 0. The van der Waals surface area contributed by atoms with Gasteiger partial charge in [0, 0.05) is 5.92 Å². The van der Waals surface area contributed by atoms with Crippen LogP contribution >= 0.6 is 0 Å². The van der Waals surface area contributed by atoms with Gasteiger partial charge in [0.05, 0.1) is 6.26 Å². The first-order chi connectivity index (χ1) is 4.97. The average Bonchev–Trinajstić information content (AvgIpc) is 2.05. The topological polar surface area (TPSA) is 9.23 Å². The van der Waals surface area contributed by atoms with Crippen LogP contribution in [-0.4, -0.2) is 0 Å². The standard InChI is InChI=1S/C9H7O/c1-2-4-9-7-10-6-5-8(9)3-1/h1-5,7-8H. The van der Waals surface area contributed by atoms with E-state index in [-0.39, 0.29) is 0 Å². The summed E-state index contributed by atoms with van der Waals surface area (Å²) in [6.07, 6.45) is 14.5. The van der Waals surface area contributed by atoms with E-state index in [0.717, 1.165) is 0 Å². The van der Waals surface area contributed by atoms with Crippen LogP contribution in [0.5, 0.6) is 0 Å². The minimum Gasteiger partial charge on any atom is -0.461 e. The van der Waals surface area contributed by atoms with Crippen molar-refractivity contribution in [2.24, 2.45) is 5.92 Å². The van der Waals surface area contributed by atoms with Gasteiger partial charge < -0.3 is 4.74 Å². The summed E-state index contributed by atoms with van der Waals surface area (Å²) in [5.41, 5.74) is 1.20. The maximum Gasteiger partial charge on any atom is 0.165 e. The molecule has 1 radical (unpaired) electrons. The number of allylic oxidation sites excluding steroid dienone is 6. The smallest absolute Gasteiger partial charge is 0.165 e. The predicted molar refractivity (Wildman–Crippen MR) is 38.8 cm³/mol. The second-order valence-electron chi connectivity index (χ2n) is 2.29. The third-order valence-corrected chi connectivity index (χ3v) is 1.61. The Morgan fingerprint density at radius 1 is 1.40 bits per heavy atom. The molecule has 0 saturated heterocycles. The Labute approximate surface area is 60.0 Å². The summed E-state index contributed by atoms with van der Waals surface area (Å²) in [4.78, 5) is 0. The zero-order chi connectivity index (χ0) is 6.81. The zero-order valence-corrected chi connectivity index (χ0v) is 5.45. The van der Waals surface area contributed by atoms with E-state index in [1.54, 1.807) is 6.26 Å². The Bertz CT molecular complexity index is 243. The van der Waals surface area contributed by atoms with Crippen molar-refractivity contribution in [3.8, 4) is 0 Å². The lowest BCUT2D eigenvalue weighted by Crippen LogP contribution is -2.01. The Morgan fingerprint density at radius 3 is 3.30 bits per heavy atom. The lowest BCUT2D eigenvalue weighted by atomic mass is 9.95. The van der Waals surface area contributed by atoms with Crippen LogP contribution < -0.4 is 0 Å². The lowest BCUT2D eigenvalue weighted by molar-refractivity contribution is 0.356. The highest BCUT2D eigenvalue weighted by Crippen LogP contribution is 2.22. The molecule has 0 aromatic heterocycles. The first-order valence-electron chi connectivity index (χ1n) is 3.26. The van der Waals surface area contributed by atoms with Gasteiger partial charge in [0.25, 0.3) is 0 Å². The van der Waals surface area contributed by atoms with Gasteiger partial charge in [-0.3, -0.25) is 0 Å². The predicted octanol–water partition coefficient (Wildman–Crippen LogP) is 1.96. The lowest BCUT2D eigenvalue weighted by Gasteiger charge is -2.14. The van der Waals surface area contributed by atoms with Crippen molar-refractivity contribution in [3.63, 3.8) is 0 Å². The van der Waals surface area contributed by atoms with Crippen molar-refractivity contribution in [3.05, 3.63) is 48.5 Å². The molecule has 10 heavy (non-hydrogen) atoms. The highest BCUT2D eigenvalue weighted by Gasteiger charge is 2.10. The second-order valence-corrected chi connectivity index (χ2v) is 2.29. The maximum absolute atomic E-state index is 4.89. The SMILES string of the molecule is [C]1=CC2C=CC=CC2=CO1. The van der Waals surface area contributed by atoms with Gasteiger partial charge in [-0.2, -0.15) is 0 Å². The molecule has 1 aliphatic carbocycles. The molecule has 2 rings (SSSR count). The molecule has 1 unspecified atom stereocenters. The molecular weight excluding hydrogens is 124 g/mol. The molecule has 1 atom stereocenters. The molecule has 0 bridgehead atoms. The summed E-state index contributed by atoms with van der Waals surface area (Å²) in [5.74, 6) is 0.388. The van der Waals surface area contributed by atoms with Crippen LogP contribution in [0.2, 0.25) is 0 Å². The fraction of sp³-hybridized carbons (Fsp3) is 0.111. The molecule has 0 amide bonds. The van der Waals surface area contributed by atoms with Crippen LogP contribution in [0.4, 0.5) is 0 Å². The van der Waals surface area contributed by atoms with Crippen molar-refractivity contribution in [2.45, 2.75) is 0 Å². The van der Waals surface area contributed by atoms with E-state index in [1.807, 2.05) is 24.3 Å². The van der Waals surface area contributed by atoms with Crippen molar-refractivity contribution in [1.29, 1.82) is 0 Å². The number of fused-ring (bicyclic) bond motifs is 1. The molecule has 0 aromatic rings. The van der Waals surface area contributed by atoms with Crippen LogP contribution in [-0.2, 0) is 4.74 Å². The van der Waals surface area contributed by atoms with Crippen molar-refractivity contribution >= 4 is 0 Å². The minimum atomic E-state index is 0.388. The quantitative estimate of drug-likeness (QED) is 0.488. The monoisotopic (exact) mass is 131 g/mol. The van der Waals surface area contributed by atoms with E-state index < -0.39 is 0 Å². The van der Waals surface area contributed by atoms with Gasteiger partial charge in [-0.25, -0.2) is 0 Å². The Balaban J connectivity index is 2.33. The summed E-state index contributed by atoms with van der Waals surface area (Å²) >= 11 is 0. The fourth-order valence-electron chi connectivity index (χ4n) is 1.06. The van der Waals surface area contributed by atoms with Crippen molar-refractivity contribution in [2.75, 3.05) is 0 Å². The highest BCUT2D eigenvalue weighted by molar-refractivity contribution is 5.35. The van der Waals surface area contributed by atoms with E-state index in [2.05, 4.69) is 12.3 Å². The number of ether oxygens (including phenoxy) is 1. The molecule has 0 N–H and O–H groups in total. The highest BCUT2D eigenvalue weighted by atomic mass is 16.5. The number of rotatable bonds is 0. The van der Waals surface area contributed by atoms with Gasteiger partial charge in [-0.1, -0.05) is 24.3 Å². The molecule has 0 aromatic carbocycles. The summed E-state index contributed by atoms with van der Waals surface area (Å²) in [6.45, 7) is 0. The normalized spacial score (nSPS) is 27.2. The Morgan fingerprint density at radius 2 is 2.40 bits per heavy atom. The van der Waals surface area contributed by atoms with E-state index >= 15 is 0 Å². The molecule has 49 valence electrons. The van der Waals surface area contributed by atoms with Gasteiger partial charge in [0.15, 0.2) is 6.26 Å². The van der Waals surface area contributed by atoms with Crippen LogP contribution in [0.3, 0.4) is 0 Å². The Hall–Kier alpha value is -1.24. The summed E-state index contributed by atoms with van der Waals surface area (Å²) < 4.78 is 4.89. The number of hydrogen-bond donors (Lipinski definition) is 0. The Kier molecular flexibility index (Phi) is 1.21. The van der Waals surface area contributed by atoms with Crippen LogP contribution in [0, 0.1) is 12.2 Å². The largest absolute Gasteiger partial charge is 0.461 e. The molecule has 1 heteroatoms. The van der Waals surface area contributed by atoms with Crippen LogP contribution in [0.15, 0.2) is 42.2 Å². The molecule has 1 aliphatic heterocycles. The van der Waals surface area contributed by atoms with E-state index in [4.69, 9.17) is 4.74 Å². The fourth-order valence-corrected chi connectivity index (χ4v) is 1.06. The van der Waals surface area contributed by atoms with E-state index in [9.17, 15) is 0 Å². The van der Waals surface area contributed by atoms with E-state index in [1.165, 1.54) is 5.57 Å². The first-order valence-corrected chi connectivity index (χ1v) is 3.26. The third-order valence-electron chi connectivity index (χ3n) is 1.61. The van der Waals surface area contributed by atoms with E-state index in [0.29, 0.717) is 5.92 Å². The molecule has 0 fully saturated rings. The van der Waals surface area contributed by atoms with Crippen LogP contribution in [0.1, 0.15) is 0 Å². The molecule has 1 heterocycles. The first kappa shape index (κ1) is 5.54. The molecule has 1 nitrogen and oxygen atoms in total. The maximum atomic E-state index is 4.89. The van der Waals surface area contributed by atoms with Gasteiger partial charge in [-0.15, -0.1) is 0 Å². The second kappa shape index (κ2) is 2.18. The molecular formula is C9H7O. The van der Waals surface area contributed by atoms with Crippen molar-refractivity contribution in [1.82, 2.24) is 0 Å². The van der Waals surface area contributed by atoms with Gasteiger partial charge >= 0.3 is 0 Å². The van der Waals surface area contributed by atoms with Crippen molar-refractivity contribution < 1.29 is 4.74 Å². The van der Waals surface area contributed by atoms with Gasteiger partial charge in [0.2, 0.25) is 0 Å². The van der Waals surface area contributed by atoms with Gasteiger partial charge in [0.1, 0.15) is 0 Å². The summed E-state index contributed by atoms with van der Waals surface area (Å²) in [7, 11) is 0. The molecule has 0 saturated carbocycles.